The van der Waals surface area contributed by atoms with Crippen LogP contribution in [0.1, 0.15) is 11.4 Å². The highest BCUT2D eigenvalue weighted by molar-refractivity contribution is 6.07. The van der Waals surface area contributed by atoms with Crippen LogP contribution >= 0.6 is 0 Å². The molecule has 162 valence electrons. The molecule has 33 heavy (non-hydrogen) atoms. The van der Waals surface area contributed by atoms with Crippen LogP contribution < -0.4 is 10.3 Å². The summed E-state index contributed by atoms with van der Waals surface area (Å²) in [6.07, 6.45) is 3.38. The molecule has 0 spiro atoms. The Balaban J connectivity index is 1.42. The van der Waals surface area contributed by atoms with Crippen molar-refractivity contribution in [2.45, 2.75) is 13.5 Å². The van der Waals surface area contributed by atoms with Gasteiger partial charge in [0.15, 0.2) is 0 Å². The Hall–Kier alpha value is -4.53. The average molecular weight is 437 g/mol. The number of ether oxygens (including phenoxy) is 1. The number of hydrogen-bond donors (Lipinski definition) is 1. The van der Waals surface area contributed by atoms with E-state index in [1.54, 1.807) is 18.5 Å². The maximum atomic E-state index is 13.3. The molecule has 0 fully saturated rings. The Morgan fingerprint density at radius 3 is 2.82 bits per heavy atom. The van der Waals surface area contributed by atoms with Gasteiger partial charge in [0, 0.05) is 35.1 Å². The molecule has 0 atom stereocenters. The summed E-state index contributed by atoms with van der Waals surface area (Å²) in [5.41, 5.74) is 4.61. The van der Waals surface area contributed by atoms with E-state index in [1.165, 1.54) is 4.68 Å². The lowest BCUT2D eigenvalue weighted by Gasteiger charge is -2.05. The van der Waals surface area contributed by atoms with E-state index < -0.39 is 0 Å². The zero-order valence-corrected chi connectivity index (χ0v) is 18.0. The quantitative estimate of drug-likeness (QED) is 0.451. The minimum atomic E-state index is -0.163. The molecular formula is C24H19N7O2. The molecule has 0 aliphatic carbocycles. The Morgan fingerprint density at radius 1 is 1.03 bits per heavy atom. The first-order valence-electron chi connectivity index (χ1n) is 10.5. The molecule has 9 heteroatoms. The number of nitrogens with one attached hydrogen (secondary N) is 1. The molecule has 1 N–H and O–H groups in total. The molecule has 1 aromatic carbocycles. The normalized spacial score (nSPS) is 11.6. The molecule has 0 bridgehead atoms. The number of aromatic amines is 1. The van der Waals surface area contributed by atoms with Crippen LogP contribution in [-0.2, 0) is 13.6 Å². The van der Waals surface area contributed by atoms with Crippen LogP contribution in [0.4, 0.5) is 0 Å². The van der Waals surface area contributed by atoms with E-state index in [9.17, 15) is 4.79 Å². The van der Waals surface area contributed by atoms with Gasteiger partial charge in [0.1, 0.15) is 16.8 Å². The van der Waals surface area contributed by atoms with E-state index in [1.807, 2.05) is 61.0 Å². The topological polar surface area (TPSA) is 104 Å². The molecule has 5 aromatic heterocycles. The predicted octanol–water partition coefficient (Wildman–Crippen LogP) is 3.70. The first kappa shape index (κ1) is 19.2. The van der Waals surface area contributed by atoms with E-state index >= 15 is 0 Å². The van der Waals surface area contributed by atoms with Gasteiger partial charge < -0.3 is 9.30 Å². The van der Waals surface area contributed by atoms with Crippen molar-refractivity contribution in [3.05, 3.63) is 82.7 Å². The van der Waals surface area contributed by atoms with Gasteiger partial charge in [-0.05, 0) is 43.3 Å². The van der Waals surface area contributed by atoms with Gasteiger partial charge in [-0.15, -0.1) is 0 Å². The zero-order valence-electron chi connectivity index (χ0n) is 18.0. The summed E-state index contributed by atoms with van der Waals surface area (Å²) >= 11 is 0. The van der Waals surface area contributed by atoms with Gasteiger partial charge in [-0.3, -0.25) is 14.9 Å². The SMILES string of the molecule is Cc1cccc(Cn2ncc3c4cc(Oc5ccc6[nH]ncc6n5)ccc4n(C)c3c2=O)n1. The van der Waals surface area contributed by atoms with Gasteiger partial charge in [-0.1, -0.05) is 6.07 Å². The van der Waals surface area contributed by atoms with E-state index in [0.717, 1.165) is 38.7 Å². The number of aryl methyl sites for hydroxylation is 2. The van der Waals surface area contributed by atoms with E-state index in [-0.39, 0.29) is 5.56 Å². The fraction of sp³-hybridized carbons (Fsp3) is 0.125. The Bertz CT molecular complexity index is 1730. The van der Waals surface area contributed by atoms with Gasteiger partial charge >= 0.3 is 0 Å². The van der Waals surface area contributed by atoms with Crippen molar-refractivity contribution in [1.82, 2.24) is 34.5 Å². The monoisotopic (exact) mass is 437 g/mol. The third kappa shape index (κ3) is 3.21. The van der Waals surface area contributed by atoms with Gasteiger partial charge in [0.2, 0.25) is 5.88 Å². The third-order valence-corrected chi connectivity index (χ3v) is 5.72. The van der Waals surface area contributed by atoms with Gasteiger partial charge in [-0.2, -0.15) is 10.2 Å². The van der Waals surface area contributed by atoms with Crippen LogP contribution in [-0.4, -0.2) is 34.5 Å². The Morgan fingerprint density at radius 2 is 1.94 bits per heavy atom. The minimum Gasteiger partial charge on any atom is -0.439 e. The van der Waals surface area contributed by atoms with Crippen LogP contribution in [0.15, 0.2) is 65.7 Å². The van der Waals surface area contributed by atoms with Crippen LogP contribution in [0.3, 0.4) is 0 Å². The van der Waals surface area contributed by atoms with Crippen molar-refractivity contribution >= 4 is 32.8 Å². The zero-order chi connectivity index (χ0) is 22.5. The number of nitrogens with zero attached hydrogens (tertiary/aromatic N) is 6. The van der Waals surface area contributed by atoms with Crippen molar-refractivity contribution in [3.8, 4) is 11.6 Å². The molecule has 9 nitrogen and oxygen atoms in total. The number of hydrogen-bond acceptors (Lipinski definition) is 6. The summed E-state index contributed by atoms with van der Waals surface area (Å²) in [5.74, 6) is 1.09. The largest absolute Gasteiger partial charge is 0.439 e. The summed E-state index contributed by atoms with van der Waals surface area (Å²) in [4.78, 5) is 22.2. The van der Waals surface area contributed by atoms with E-state index in [0.29, 0.717) is 23.7 Å². The van der Waals surface area contributed by atoms with E-state index in [4.69, 9.17) is 4.74 Å². The van der Waals surface area contributed by atoms with Gasteiger partial charge in [0.25, 0.3) is 5.56 Å². The number of rotatable bonds is 4. The van der Waals surface area contributed by atoms with Crippen molar-refractivity contribution in [1.29, 1.82) is 0 Å². The van der Waals surface area contributed by atoms with Gasteiger partial charge in [-0.25, -0.2) is 9.67 Å². The Kier molecular flexibility index (Phi) is 4.22. The van der Waals surface area contributed by atoms with Crippen LogP contribution in [0.5, 0.6) is 11.6 Å². The third-order valence-electron chi connectivity index (χ3n) is 5.72. The van der Waals surface area contributed by atoms with Crippen LogP contribution in [0, 0.1) is 6.92 Å². The molecule has 0 aliphatic rings. The standard InChI is InChI=1S/C24H19N7O2/c1-14-4-3-5-15(27-14)13-31-24(32)23-18(11-26-31)17-10-16(6-8-21(17)30(23)2)33-22-9-7-19-20(28-22)12-25-29-19/h3-12H,13H2,1-2H3,(H,25,29). The lowest BCUT2D eigenvalue weighted by Crippen LogP contribution is -2.24. The lowest BCUT2D eigenvalue weighted by molar-refractivity contribution is 0.466. The molecular weight excluding hydrogens is 418 g/mol. The minimum absolute atomic E-state index is 0.163. The van der Waals surface area contributed by atoms with Crippen molar-refractivity contribution in [3.63, 3.8) is 0 Å². The predicted molar refractivity (Wildman–Crippen MR) is 125 cm³/mol. The molecule has 0 amide bonds. The maximum absolute atomic E-state index is 13.3. The van der Waals surface area contributed by atoms with E-state index in [2.05, 4.69) is 25.3 Å². The summed E-state index contributed by atoms with van der Waals surface area (Å²) in [6, 6.07) is 15.1. The number of fused-ring (bicyclic) bond motifs is 4. The number of aromatic nitrogens is 7. The number of H-pyrrole nitrogens is 1. The molecule has 5 heterocycles. The highest BCUT2D eigenvalue weighted by Gasteiger charge is 2.15. The number of pyridine rings is 2. The summed E-state index contributed by atoms with van der Waals surface area (Å²) in [7, 11) is 1.89. The number of benzene rings is 1. The highest BCUT2D eigenvalue weighted by atomic mass is 16.5. The Labute approximate surface area is 187 Å². The fourth-order valence-electron chi connectivity index (χ4n) is 4.15. The van der Waals surface area contributed by atoms with Crippen molar-refractivity contribution in [2.24, 2.45) is 7.05 Å². The lowest BCUT2D eigenvalue weighted by atomic mass is 10.2. The summed E-state index contributed by atoms with van der Waals surface area (Å²) in [5, 5.41) is 12.9. The smallest absolute Gasteiger partial charge is 0.291 e. The molecule has 6 aromatic rings. The molecule has 0 aliphatic heterocycles. The average Bonchev–Trinajstić information content (AvgIpc) is 3.38. The second-order valence-corrected chi connectivity index (χ2v) is 7.93. The fourth-order valence-corrected chi connectivity index (χ4v) is 4.15. The molecule has 0 unspecified atom stereocenters. The van der Waals surface area contributed by atoms with Gasteiger partial charge in [0.05, 0.1) is 30.1 Å². The van der Waals surface area contributed by atoms with Crippen LogP contribution in [0.2, 0.25) is 0 Å². The molecule has 0 radical (unpaired) electrons. The second kappa shape index (κ2) is 7.27. The summed E-state index contributed by atoms with van der Waals surface area (Å²) in [6.45, 7) is 2.24. The molecule has 0 saturated heterocycles. The molecule has 6 rings (SSSR count). The first-order chi connectivity index (χ1) is 16.1. The maximum Gasteiger partial charge on any atom is 0.291 e. The van der Waals surface area contributed by atoms with Crippen molar-refractivity contribution in [2.75, 3.05) is 0 Å². The first-order valence-corrected chi connectivity index (χ1v) is 10.5. The molecule has 0 saturated carbocycles. The highest BCUT2D eigenvalue weighted by Crippen LogP contribution is 2.31. The summed E-state index contributed by atoms with van der Waals surface area (Å²) < 4.78 is 9.34. The van der Waals surface area contributed by atoms with Crippen molar-refractivity contribution < 1.29 is 4.74 Å². The second-order valence-electron chi connectivity index (χ2n) is 7.93. The van der Waals surface area contributed by atoms with Crippen LogP contribution in [0.25, 0.3) is 32.8 Å².